The maximum Gasteiger partial charge on any atom is 0.0223 e. The van der Waals surface area contributed by atoms with Crippen molar-refractivity contribution in [2.24, 2.45) is 11.8 Å². The number of hydrogen-bond donors (Lipinski definition) is 1. The van der Waals surface area contributed by atoms with E-state index in [1.54, 1.807) is 0 Å². The van der Waals surface area contributed by atoms with Gasteiger partial charge in [-0.2, -0.15) is 0 Å². The molecule has 2 fully saturated rings. The quantitative estimate of drug-likeness (QED) is 0.807. The van der Waals surface area contributed by atoms with Gasteiger partial charge in [0.2, 0.25) is 0 Å². The number of rotatable bonds is 2. The number of piperidine rings is 1. The number of likely N-dealkylation sites (N-methyl/N-ethyl adjacent to an activating group) is 1. The van der Waals surface area contributed by atoms with Gasteiger partial charge >= 0.3 is 0 Å². The van der Waals surface area contributed by atoms with Gasteiger partial charge < -0.3 is 10.2 Å². The molecule has 3 nitrogen and oxygen atoms in total. The van der Waals surface area contributed by atoms with Gasteiger partial charge in [0.15, 0.2) is 0 Å². The summed E-state index contributed by atoms with van der Waals surface area (Å²) in [5.74, 6) is 1.57. The first-order valence-corrected chi connectivity index (χ1v) is 7.86. The minimum atomic E-state index is 0.787. The van der Waals surface area contributed by atoms with Crippen LogP contribution < -0.4 is 5.32 Å². The van der Waals surface area contributed by atoms with E-state index < -0.39 is 0 Å². The molecule has 18 heavy (non-hydrogen) atoms. The third-order valence-electron chi connectivity index (χ3n) is 4.52. The molecule has 3 heteroatoms. The monoisotopic (exact) mass is 253 g/mol. The van der Waals surface area contributed by atoms with Crippen LogP contribution in [0.25, 0.3) is 0 Å². The Labute approximate surface area is 113 Å². The fraction of sp³-hybridized carbons (Fsp3) is 1.00. The van der Waals surface area contributed by atoms with Crippen molar-refractivity contribution >= 4 is 0 Å². The number of hydrogen-bond acceptors (Lipinski definition) is 3. The number of likely N-dealkylation sites (tertiary alicyclic amines) is 1. The Balaban J connectivity index is 1.94. The lowest BCUT2D eigenvalue weighted by molar-refractivity contribution is 0.0714. The normalized spacial score (nSPS) is 37.2. The maximum atomic E-state index is 3.59. The second kappa shape index (κ2) is 6.88. The van der Waals surface area contributed by atoms with Crippen LogP contribution in [0.2, 0.25) is 0 Å². The van der Waals surface area contributed by atoms with Crippen LogP contribution in [-0.4, -0.2) is 61.7 Å². The van der Waals surface area contributed by atoms with Crippen LogP contribution in [0, 0.1) is 11.8 Å². The second-order valence-electron chi connectivity index (χ2n) is 6.51. The van der Waals surface area contributed by atoms with E-state index in [1.165, 1.54) is 58.7 Å². The Morgan fingerprint density at radius 3 is 2.33 bits per heavy atom. The number of nitrogens with zero attached hydrogens (tertiary/aromatic N) is 2. The van der Waals surface area contributed by atoms with Crippen LogP contribution in [0.15, 0.2) is 0 Å². The highest BCUT2D eigenvalue weighted by atomic mass is 15.2. The molecular formula is C15H31N3. The molecule has 2 heterocycles. The first kappa shape index (κ1) is 14.3. The second-order valence-corrected chi connectivity index (χ2v) is 6.51. The average molecular weight is 253 g/mol. The molecule has 2 saturated heterocycles. The zero-order valence-electron chi connectivity index (χ0n) is 12.5. The molecule has 2 aliphatic rings. The molecule has 0 aromatic rings. The summed E-state index contributed by atoms with van der Waals surface area (Å²) in [5, 5.41) is 3.59. The molecule has 0 bridgehead atoms. The predicted molar refractivity (Wildman–Crippen MR) is 77.9 cm³/mol. The molecule has 3 atom stereocenters. The van der Waals surface area contributed by atoms with E-state index in [9.17, 15) is 0 Å². The molecule has 2 rings (SSSR count). The summed E-state index contributed by atoms with van der Waals surface area (Å²) in [5.41, 5.74) is 0. The summed E-state index contributed by atoms with van der Waals surface area (Å²) in [6, 6.07) is 0.807. The molecule has 0 aromatic heterocycles. The zero-order valence-corrected chi connectivity index (χ0v) is 12.5. The fourth-order valence-corrected chi connectivity index (χ4v) is 3.49. The van der Waals surface area contributed by atoms with Crippen LogP contribution in [0.3, 0.4) is 0 Å². The van der Waals surface area contributed by atoms with Crippen molar-refractivity contribution in [1.29, 1.82) is 0 Å². The Bertz CT molecular complexity index is 232. The Hall–Kier alpha value is -0.120. The standard InChI is InChI=1S/C15H31N3/c1-4-17-7-5-6-15(12-17)18-10-13(2)8-16-9-14(3)11-18/h13-16H,4-12H2,1-3H3. The van der Waals surface area contributed by atoms with Gasteiger partial charge in [0.1, 0.15) is 0 Å². The summed E-state index contributed by atoms with van der Waals surface area (Å²) in [6.45, 7) is 15.8. The van der Waals surface area contributed by atoms with Crippen molar-refractivity contribution in [2.45, 2.75) is 39.7 Å². The first-order chi connectivity index (χ1) is 8.69. The smallest absolute Gasteiger partial charge is 0.0223 e. The molecule has 0 saturated carbocycles. The minimum absolute atomic E-state index is 0.787. The third-order valence-corrected chi connectivity index (χ3v) is 4.52. The molecule has 106 valence electrons. The summed E-state index contributed by atoms with van der Waals surface area (Å²) < 4.78 is 0. The zero-order chi connectivity index (χ0) is 13.0. The third kappa shape index (κ3) is 3.94. The highest BCUT2D eigenvalue weighted by molar-refractivity contribution is 4.84. The summed E-state index contributed by atoms with van der Waals surface area (Å²) in [7, 11) is 0. The van der Waals surface area contributed by atoms with E-state index in [0.717, 1.165) is 17.9 Å². The molecule has 0 aliphatic carbocycles. The number of nitrogens with one attached hydrogen (secondary N) is 1. The molecule has 0 aromatic carbocycles. The van der Waals surface area contributed by atoms with Gasteiger partial charge in [-0.25, -0.2) is 0 Å². The van der Waals surface area contributed by atoms with Gasteiger partial charge in [-0.15, -0.1) is 0 Å². The Morgan fingerprint density at radius 1 is 1.06 bits per heavy atom. The maximum absolute atomic E-state index is 3.59. The highest BCUT2D eigenvalue weighted by Gasteiger charge is 2.27. The van der Waals surface area contributed by atoms with Crippen LogP contribution in [0.4, 0.5) is 0 Å². The molecule has 3 unspecified atom stereocenters. The largest absolute Gasteiger partial charge is 0.316 e. The van der Waals surface area contributed by atoms with Crippen molar-refractivity contribution in [2.75, 3.05) is 45.8 Å². The predicted octanol–water partition coefficient (Wildman–Crippen LogP) is 1.65. The van der Waals surface area contributed by atoms with E-state index in [0.29, 0.717) is 0 Å². The Morgan fingerprint density at radius 2 is 1.72 bits per heavy atom. The lowest BCUT2D eigenvalue weighted by Gasteiger charge is -2.42. The fourth-order valence-electron chi connectivity index (χ4n) is 3.49. The molecular weight excluding hydrogens is 222 g/mol. The Kier molecular flexibility index (Phi) is 5.46. The van der Waals surface area contributed by atoms with Crippen molar-refractivity contribution < 1.29 is 0 Å². The molecule has 0 spiro atoms. The molecule has 1 N–H and O–H groups in total. The van der Waals surface area contributed by atoms with E-state index in [2.05, 4.69) is 35.9 Å². The van der Waals surface area contributed by atoms with Gasteiger partial charge in [0, 0.05) is 25.7 Å². The van der Waals surface area contributed by atoms with E-state index in [4.69, 9.17) is 0 Å². The molecule has 2 aliphatic heterocycles. The van der Waals surface area contributed by atoms with Crippen LogP contribution in [0.1, 0.15) is 33.6 Å². The average Bonchev–Trinajstić information content (AvgIpc) is 2.36. The van der Waals surface area contributed by atoms with Gasteiger partial charge in [-0.05, 0) is 50.9 Å². The SMILES string of the molecule is CCN1CCCC(N2CC(C)CNCC(C)C2)C1. The minimum Gasteiger partial charge on any atom is -0.316 e. The van der Waals surface area contributed by atoms with E-state index in [-0.39, 0.29) is 0 Å². The van der Waals surface area contributed by atoms with Crippen molar-refractivity contribution in [3.63, 3.8) is 0 Å². The topological polar surface area (TPSA) is 18.5 Å². The summed E-state index contributed by atoms with van der Waals surface area (Å²) in [4.78, 5) is 5.42. The van der Waals surface area contributed by atoms with Crippen molar-refractivity contribution in [1.82, 2.24) is 15.1 Å². The summed E-state index contributed by atoms with van der Waals surface area (Å²) >= 11 is 0. The van der Waals surface area contributed by atoms with Crippen molar-refractivity contribution in [3.8, 4) is 0 Å². The van der Waals surface area contributed by atoms with Crippen LogP contribution >= 0.6 is 0 Å². The van der Waals surface area contributed by atoms with Gasteiger partial charge in [0.05, 0.1) is 0 Å². The first-order valence-electron chi connectivity index (χ1n) is 7.86. The molecule has 0 amide bonds. The van der Waals surface area contributed by atoms with Gasteiger partial charge in [0.25, 0.3) is 0 Å². The highest BCUT2D eigenvalue weighted by Crippen LogP contribution is 2.19. The lowest BCUT2D eigenvalue weighted by Crippen LogP contribution is -2.52. The van der Waals surface area contributed by atoms with E-state index in [1.807, 2.05) is 0 Å². The summed E-state index contributed by atoms with van der Waals surface area (Å²) in [6.07, 6.45) is 2.79. The van der Waals surface area contributed by atoms with E-state index >= 15 is 0 Å². The lowest BCUT2D eigenvalue weighted by atomic mass is 9.98. The van der Waals surface area contributed by atoms with Crippen LogP contribution in [-0.2, 0) is 0 Å². The van der Waals surface area contributed by atoms with Gasteiger partial charge in [-0.3, -0.25) is 4.90 Å². The van der Waals surface area contributed by atoms with Crippen LogP contribution in [0.5, 0.6) is 0 Å². The molecule has 0 radical (unpaired) electrons. The van der Waals surface area contributed by atoms with Gasteiger partial charge in [-0.1, -0.05) is 20.8 Å². The van der Waals surface area contributed by atoms with Crippen molar-refractivity contribution in [3.05, 3.63) is 0 Å².